The van der Waals surface area contributed by atoms with Gasteiger partial charge in [0.1, 0.15) is 11.6 Å². The number of benzene rings is 2. The number of fused-ring (bicyclic) bond motifs is 1. The van der Waals surface area contributed by atoms with Gasteiger partial charge in [-0.3, -0.25) is 0 Å². The van der Waals surface area contributed by atoms with Crippen LogP contribution in [0.1, 0.15) is 17.2 Å². The van der Waals surface area contributed by atoms with Gasteiger partial charge in [0.05, 0.1) is 12.5 Å². The second-order valence-corrected chi connectivity index (χ2v) is 5.00. The van der Waals surface area contributed by atoms with Crippen molar-refractivity contribution in [3.8, 4) is 11.4 Å². The van der Waals surface area contributed by atoms with E-state index in [2.05, 4.69) is 15.0 Å². The summed E-state index contributed by atoms with van der Waals surface area (Å²) in [6.07, 6.45) is 0. The molecule has 21 heavy (non-hydrogen) atoms. The molecule has 0 radical (unpaired) electrons. The molecule has 2 aromatic carbocycles. The van der Waals surface area contributed by atoms with Crippen molar-refractivity contribution in [2.24, 2.45) is 0 Å². The van der Waals surface area contributed by atoms with Crippen LogP contribution in [0.5, 0.6) is 0 Å². The maximum absolute atomic E-state index is 9.46. The first-order valence-electron chi connectivity index (χ1n) is 6.62. The Morgan fingerprint density at radius 2 is 1.76 bits per heavy atom. The van der Waals surface area contributed by atoms with Gasteiger partial charge in [-0.05, 0) is 23.3 Å². The van der Waals surface area contributed by atoms with Crippen LogP contribution in [0.2, 0.25) is 0 Å². The summed E-state index contributed by atoms with van der Waals surface area (Å²) in [5, 5.41) is 11.5. The summed E-state index contributed by atoms with van der Waals surface area (Å²) < 4.78 is 0. The number of hydrogen-bond acceptors (Lipinski definition) is 4. The molecular formula is C16H14ClN3O. The van der Waals surface area contributed by atoms with Crippen LogP contribution in [-0.4, -0.2) is 20.1 Å². The van der Waals surface area contributed by atoms with Crippen LogP contribution in [0.3, 0.4) is 0 Å². The average Bonchev–Trinajstić information content (AvgIpc) is 2.53. The Labute approximate surface area is 127 Å². The van der Waals surface area contributed by atoms with Crippen LogP contribution in [0.25, 0.3) is 22.2 Å². The molecule has 1 aromatic heterocycles. The minimum Gasteiger partial charge on any atom is -0.392 e. The number of halogens is 1. The maximum atomic E-state index is 9.46. The lowest BCUT2D eigenvalue weighted by Gasteiger charge is -2.10. The van der Waals surface area contributed by atoms with E-state index < -0.39 is 0 Å². The standard InChI is InChI=1S/C16H14ClN3O/c1-10-18-15(8-17)20-16(19-10)14-7-6-11(9-21)12-4-2-3-5-13(12)14/h2-7,21H,8-9H2,1H3. The van der Waals surface area contributed by atoms with E-state index in [1.165, 1.54) is 0 Å². The lowest BCUT2D eigenvalue weighted by Crippen LogP contribution is -2.01. The zero-order chi connectivity index (χ0) is 14.8. The topological polar surface area (TPSA) is 58.9 Å². The monoisotopic (exact) mass is 299 g/mol. The molecule has 0 spiro atoms. The van der Waals surface area contributed by atoms with Crippen molar-refractivity contribution < 1.29 is 5.11 Å². The van der Waals surface area contributed by atoms with Crippen LogP contribution in [0.15, 0.2) is 36.4 Å². The van der Waals surface area contributed by atoms with E-state index in [4.69, 9.17) is 11.6 Å². The summed E-state index contributed by atoms with van der Waals surface area (Å²) in [4.78, 5) is 13.0. The zero-order valence-electron chi connectivity index (χ0n) is 11.5. The number of nitrogens with zero attached hydrogens (tertiary/aromatic N) is 3. The zero-order valence-corrected chi connectivity index (χ0v) is 12.3. The minimum atomic E-state index is 0.00392. The number of hydrogen-bond donors (Lipinski definition) is 1. The average molecular weight is 300 g/mol. The highest BCUT2D eigenvalue weighted by atomic mass is 35.5. The molecule has 0 aliphatic carbocycles. The third-order valence-electron chi connectivity index (χ3n) is 3.34. The van der Waals surface area contributed by atoms with Gasteiger partial charge in [-0.2, -0.15) is 0 Å². The molecule has 0 saturated heterocycles. The van der Waals surface area contributed by atoms with Gasteiger partial charge in [0.25, 0.3) is 0 Å². The highest BCUT2D eigenvalue weighted by Crippen LogP contribution is 2.29. The number of aliphatic hydroxyl groups is 1. The van der Waals surface area contributed by atoms with Gasteiger partial charge in [0, 0.05) is 5.56 Å². The molecule has 1 heterocycles. The SMILES string of the molecule is Cc1nc(CCl)nc(-c2ccc(CO)c3ccccc23)n1. The van der Waals surface area contributed by atoms with E-state index in [0.717, 1.165) is 21.9 Å². The van der Waals surface area contributed by atoms with Crippen LogP contribution in [0, 0.1) is 6.92 Å². The molecule has 3 rings (SSSR count). The Kier molecular flexibility index (Phi) is 3.82. The molecule has 1 N–H and O–H groups in total. The quantitative estimate of drug-likeness (QED) is 0.754. The van der Waals surface area contributed by atoms with Crippen LogP contribution < -0.4 is 0 Å². The highest BCUT2D eigenvalue weighted by molar-refractivity contribution is 6.16. The van der Waals surface area contributed by atoms with Gasteiger partial charge in [-0.25, -0.2) is 15.0 Å². The molecular weight excluding hydrogens is 286 g/mol. The minimum absolute atomic E-state index is 0.00392. The second-order valence-electron chi connectivity index (χ2n) is 4.73. The highest BCUT2D eigenvalue weighted by Gasteiger charge is 2.11. The third-order valence-corrected chi connectivity index (χ3v) is 3.58. The Morgan fingerprint density at radius 1 is 1.00 bits per heavy atom. The Hall–Kier alpha value is -2.04. The second kappa shape index (κ2) is 5.76. The van der Waals surface area contributed by atoms with Gasteiger partial charge in [0.2, 0.25) is 0 Å². The number of aromatic nitrogens is 3. The van der Waals surface area contributed by atoms with Crippen molar-refractivity contribution in [3.05, 3.63) is 53.6 Å². The van der Waals surface area contributed by atoms with Crippen molar-refractivity contribution in [3.63, 3.8) is 0 Å². The number of aryl methyl sites for hydroxylation is 1. The Balaban J connectivity index is 2.28. The summed E-state index contributed by atoms with van der Waals surface area (Å²) in [6.45, 7) is 1.83. The van der Waals surface area contributed by atoms with Crippen molar-refractivity contribution >= 4 is 22.4 Å². The smallest absolute Gasteiger partial charge is 0.163 e. The van der Waals surface area contributed by atoms with Gasteiger partial charge >= 0.3 is 0 Å². The first-order chi connectivity index (χ1) is 10.2. The molecule has 4 nitrogen and oxygen atoms in total. The fourth-order valence-corrected chi connectivity index (χ4v) is 2.53. The van der Waals surface area contributed by atoms with E-state index in [1.54, 1.807) is 0 Å². The number of aliphatic hydroxyl groups excluding tert-OH is 1. The molecule has 0 aliphatic rings. The normalized spacial score (nSPS) is 11.0. The molecule has 5 heteroatoms. The number of rotatable bonds is 3. The van der Waals surface area contributed by atoms with Gasteiger partial charge in [-0.15, -0.1) is 11.6 Å². The van der Waals surface area contributed by atoms with Gasteiger partial charge in [-0.1, -0.05) is 36.4 Å². The molecule has 0 amide bonds. The summed E-state index contributed by atoms with van der Waals surface area (Å²) in [5.41, 5.74) is 1.80. The maximum Gasteiger partial charge on any atom is 0.163 e. The van der Waals surface area contributed by atoms with Crippen LogP contribution >= 0.6 is 11.6 Å². The summed E-state index contributed by atoms with van der Waals surface area (Å²) in [6, 6.07) is 11.7. The van der Waals surface area contributed by atoms with Crippen molar-refractivity contribution in [2.75, 3.05) is 0 Å². The van der Waals surface area contributed by atoms with E-state index in [0.29, 0.717) is 17.5 Å². The lowest BCUT2D eigenvalue weighted by atomic mass is 9.99. The Morgan fingerprint density at radius 3 is 2.48 bits per heavy atom. The molecule has 0 saturated carbocycles. The first-order valence-corrected chi connectivity index (χ1v) is 7.15. The number of alkyl halides is 1. The lowest BCUT2D eigenvalue weighted by molar-refractivity contribution is 0.283. The molecule has 0 fully saturated rings. The van der Waals surface area contributed by atoms with E-state index in [1.807, 2.05) is 43.3 Å². The van der Waals surface area contributed by atoms with Crippen LogP contribution in [0.4, 0.5) is 0 Å². The molecule has 0 unspecified atom stereocenters. The molecule has 0 aliphatic heterocycles. The summed E-state index contributed by atoms with van der Waals surface area (Å²) >= 11 is 5.84. The fraction of sp³-hybridized carbons (Fsp3) is 0.188. The van der Waals surface area contributed by atoms with Crippen LogP contribution in [-0.2, 0) is 12.5 Å². The van der Waals surface area contributed by atoms with E-state index in [-0.39, 0.29) is 12.5 Å². The predicted octanol–water partition coefficient (Wildman–Crippen LogP) is 3.23. The van der Waals surface area contributed by atoms with Crippen molar-refractivity contribution in [2.45, 2.75) is 19.4 Å². The summed E-state index contributed by atoms with van der Waals surface area (Å²) in [7, 11) is 0. The molecule has 0 bridgehead atoms. The van der Waals surface area contributed by atoms with E-state index >= 15 is 0 Å². The fourth-order valence-electron chi connectivity index (χ4n) is 2.41. The van der Waals surface area contributed by atoms with Gasteiger partial charge in [0.15, 0.2) is 5.82 Å². The Bertz CT molecular complexity index is 805. The van der Waals surface area contributed by atoms with Crippen molar-refractivity contribution in [1.29, 1.82) is 0 Å². The largest absolute Gasteiger partial charge is 0.392 e. The van der Waals surface area contributed by atoms with Crippen molar-refractivity contribution in [1.82, 2.24) is 15.0 Å². The summed E-state index contributed by atoms with van der Waals surface area (Å²) in [5.74, 6) is 2.07. The third kappa shape index (κ3) is 2.60. The van der Waals surface area contributed by atoms with E-state index in [9.17, 15) is 5.11 Å². The molecule has 3 aromatic rings. The van der Waals surface area contributed by atoms with Gasteiger partial charge < -0.3 is 5.11 Å². The molecule has 106 valence electrons. The predicted molar refractivity (Wildman–Crippen MR) is 83.0 cm³/mol. The first kappa shape index (κ1) is 13.9. The molecule has 0 atom stereocenters.